The van der Waals surface area contributed by atoms with Gasteiger partial charge in [-0.1, -0.05) is 6.07 Å². The number of anilines is 1. The van der Waals surface area contributed by atoms with Gasteiger partial charge in [-0.25, -0.2) is 22.7 Å². The number of sulfonamides is 1. The number of nitrogens with zero attached hydrogens (tertiary/aromatic N) is 2. The lowest BCUT2D eigenvalue weighted by Crippen LogP contribution is -2.51. The lowest BCUT2D eigenvalue weighted by atomic mass is 10.2. The average molecular weight is 384 g/mol. The van der Waals surface area contributed by atoms with Gasteiger partial charge < -0.3 is 19.9 Å². The summed E-state index contributed by atoms with van der Waals surface area (Å²) in [7, 11) is -2.27. The minimum absolute atomic E-state index is 0.116. The number of hydrogen-bond acceptors (Lipinski definition) is 5. The summed E-state index contributed by atoms with van der Waals surface area (Å²) in [5.41, 5.74) is 0.888. The van der Waals surface area contributed by atoms with Crippen LogP contribution in [0.4, 0.5) is 15.3 Å². The minimum atomic E-state index is -3.61. The quantitative estimate of drug-likeness (QED) is 0.811. The fourth-order valence-electron chi connectivity index (χ4n) is 2.65. The largest absolute Gasteiger partial charge is 0.450 e. The number of urea groups is 1. The molecule has 144 valence electrons. The molecule has 0 bridgehead atoms. The smallest absolute Gasteiger partial charge is 0.409 e. The Bertz CT molecular complexity index is 773. The van der Waals surface area contributed by atoms with Gasteiger partial charge in [-0.2, -0.15) is 0 Å². The summed E-state index contributed by atoms with van der Waals surface area (Å²) in [4.78, 5) is 27.4. The molecule has 0 aliphatic carbocycles. The highest BCUT2D eigenvalue weighted by atomic mass is 32.2. The molecule has 1 aliphatic rings. The van der Waals surface area contributed by atoms with E-state index in [1.54, 1.807) is 35.8 Å². The van der Waals surface area contributed by atoms with Crippen LogP contribution in [-0.4, -0.2) is 70.2 Å². The number of ether oxygens (including phenoxy) is 1. The number of rotatable bonds is 4. The van der Waals surface area contributed by atoms with Crippen molar-refractivity contribution in [1.82, 2.24) is 14.5 Å². The molecule has 1 fully saturated rings. The van der Waals surface area contributed by atoms with Crippen molar-refractivity contribution >= 4 is 27.8 Å². The van der Waals surface area contributed by atoms with E-state index < -0.39 is 10.0 Å². The predicted molar refractivity (Wildman–Crippen MR) is 96.6 cm³/mol. The molecule has 3 amide bonds. The topological polar surface area (TPSA) is 108 Å². The molecule has 0 atom stereocenters. The van der Waals surface area contributed by atoms with Gasteiger partial charge in [0.05, 0.1) is 11.5 Å². The van der Waals surface area contributed by atoms with E-state index >= 15 is 0 Å². The molecule has 1 aliphatic heterocycles. The summed E-state index contributed by atoms with van der Waals surface area (Å²) < 4.78 is 31.3. The Labute approximate surface area is 153 Å². The van der Waals surface area contributed by atoms with Gasteiger partial charge in [-0.15, -0.1) is 0 Å². The van der Waals surface area contributed by atoms with Crippen LogP contribution in [0.3, 0.4) is 0 Å². The normalized spacial score (nSPS) is 14.9. The molecule has 1 aromatic rings. The zero-order valence-corrected chi connectivity index (χ0v) is 15.9. The van der Waals surface area contributed by atoms with Crippen molar-refractivity contribution in [3.8, 4) is 0 Å². The van der Waals surface area contributed by atoms with Crippen LogP contribution < -0.4 is 10.0 Å². The standard InChI is InChI=1S/C16H24N4O5S/c1-4-25-16(22)20-10-8-19(9-11-20)15(21)18-13-6-5-7-14(12(13)2)26(23,24)17-3/h5-7,17H,4,8-11H2,1-3H3,(H,18,21). The van der Waals surface area contributed by atoms with E-state index in [1.807, 2.05) is 0 Å². The lowest BCUT2D eigenvalue weighted by molar-refractivity contribution is 0.0868. The summed E-state index contributed by atoms with van der Waals surface area (Å²) in [5, 5.41) is 2.75. The van der Waals surface area contributed by atoms with E-state index in [2.05, 4.69) is 10.0 Å². The number of nitrogens with one attached hydrogen (secondary N) is 2. The number of carbonyl (C=O) groups is 2. The molecule has 1 heterocycles. The third-order valence-corrected chi connectivity index (χ3v) is 5.74. The molecule has 2 N–H and O–H groups in total. The number of amides is 3. The summed E-state index contributed by atoms with van der Waals surface area (Å²) in [6, 6.07) is 4.37. The molecule has 10 heteroatoms. The number of hydrogen-bond donors (Lipinski definition) is 2. The molecular formula is C16H24N4O5S. The fraction of sp³-hybridized carbons (Fsp3) is 0.500. The maximum atomic E-state index is 12.5. The van der Waals surface area contributed by atoms with Crippen molar-refractivity contribution in [3.05, 3.63) is 23.8 Å². The SMILES string of the molecule is CCOC(=O)N1CCN(C(=O)Nc2cccc(S(=O)(=O)NC)c2C)CC1. The maximum absolute atomic E-state index is 12.5. The monoisotopic (exact) mass is 384 g/mol. The zero-order chi connectivity index (χ0) is 19.3. The first-order valence-corrected chi connectivity index (χ1v) is 9.79. The van der Waals surface area contributed by atoms with Gasteiger partial charge in [-0.3, -0.25) is 0 Å². The van der Waals surface area contributed by atoms with Gasteiger partial charge in [-0.05, 0) is 38.6 Å². The molecule has 1 aromatic carbocycles. The van der Waals surface area contributed by atoms with E-state index in [-0.39, 0.29) is 17.0 Å². The number of piperazine rings is 1. The van der Waals surface area contributed by atoms with Crippen LogP contribution in [0.5, 0.6) is 0 Å². The van der Waals surface area contributed by atoms with Crippen LogP contribution in [0.1, 0.15) is 12.5 Å². The second-order valence-electron chi connectivity index (χ2n) is 5.74. The first-order chi connectivity index (χ1) is 12.3. The highest BCUT2D eigenvalue weighted by molar-refractivity contribution is 7.89. The summed E-state index contributed by atoms with van der Waals surface area (Å²) in [6.45, 7) is 5.21. The molecule has 0 spiro atoms. The van der Waals surface area contributed by atoms with E-state index in [0.717, 1.165) is 0 Å². The van der Waals surface area contributed by atoms with Crippen LogP contribution in [0.25, 0.3) is 0 Å². The van der Waals surface area contributed by atoms with E-state index in [1.165, 1.54) is 13.1 Å². The zero-order valence-electron chi connectivity index (χ0n) is 15.1. The Morgan fingerprint density at radius 3 is 2.35 bits per heavy atom. The van der Waals surface area contributed by atoms with Gasteiger partial charge in [0.1, 0.15) is 0 Å². The summed E-state index contributed by atoms with van der Waals surface area (Å²) in [5.74, 6) is 0. The third-order valence-electron chi connectivity index (χ3n) is 4.18. The Morgan fingerprint density at radius 1 is 1.15 bits per heavy atom. The van der Waals surface area contributed by atoms with Crippen molar-refractivity contribution in [2.24, 2.45) is 0 Å². The van der Waals surface area contributed by atoms with Gasteiger partial charge in [0, 0.05) is 31.9 Å². The molecule has 0 saturated carbocycles. The van der Waals surface area contributed by atoms with Gasteiger partial charge in [0.15, 0.2) is 0 Å². The Hall–Kier alpha value is -2.33. The van der Waals surface area contributed by atoms with Crippen molar-refractivity contribution in [1.29, 1.82) is 0 Å². The van der Waals surface area contributed by atoms with Crippen LogP contribution >= 0.6 is 0 Å². The highest BCUT2D eigenvalue weighted by Crippen LogP contribution is 2.23. The van der Waals surface area contributed by atoms with E-state index in [4.69, 9.17) is 4.74 Å². The van der Waals surface area contributed by atoms with Gasteiger partial charge >= 0.3 is 12.1 Å². The molecule has 1 saturated heterocycles. The average Bonchev–Trinajstić information content (AvgIpc) is 2.63. The highest BCUT2D eigenvalue weighted by Gasteiger charge is 2.25. The predicted octanol–water partition coefficient (Wildman–Crippen LogP) is 1.21. The third kappa shape index (κ3) is 4.44. The van der Waals surface area contributed by atoms with E-state index in [0.29, 0.717) is 44.0 Å². The molecule has 0 unspecified atom stereocenters. The second kappa shape index (κ2) is 8.37. The van der Waals surface area contributed by atoms with Crippen molar-refractivity contribution < 1.29 is 22.7 Å². The molecular weight excluding hydrogens is 360 g/mol. The molecule has 0 aromatic heterocycles. The van der Waals surface area contributed by atoms with Crippen LogP contribution in [-0.2, 0) is 14.8 Å². The first-order valence-electron chi connectivity index (χ1n) is 8.31. The van der Waals surface area contributed by atoms with Crippen LogP contribution in [0, 0.1) is 6.92 Å². The molecule has 26 heavy (non-hydrogen) atoms. The number of carbonyl (C=O) groups excluding carboxylic acids is 2. The molecule has 2 rings (SSSR count). The first kappa shape index (κ1) is 20.0. The molecule has 9 nitrogen and oxygen atoms in total. The van der Waals surface area contributed by atoms with Gasteiger partial charge in [0.25, 0.3) is 0 Å². The second-order valence-corrected chi connectivity index (χ2v) is 7.59. The number of benzene rings is 1. The molecule has 0 radical (unpaired) electrons. The van der Waals surface area contributed by atoms with Crippen molar-refractivity contribution in [2.45, 2.75) is 18.7 Å². The van der Waals surface area contributed by atoms with E-state index in [9.17, 15) is 18.0 Å². The van der Waals surface area contributed by atoms with Gasteiger partial charge in [0.2, 0.25) is 10.0 Å². The summed E-state index contributed by atoms with van der Waals surface area (Å²) >= 11 is 0. The minimum Gasteiger partial charge on any atom is -0.450 e. The lowest BCUT2D eigenvalue weighted by Gasteiger charge is -2.34. The van der Waals surface area contributed by atoms with Crippen molar-refractivity contribution in [2.75, 3.05) is 45.2 Å². The Morgan fingerprint density at radius 2 is 1.77 bits per heavy atom. The Kier molecular flexibility index (Phi) is 6.43. The van der Waals surface area contributed by atoms with Crippen LogP contribution in [0.2, 0.25) is 0 Å². The van der Waals surface area contributed by atoms with Crippen molar-refractivity contribution in [3.63, 3.8) is 0 Å². The maximum Gasteiger partial charge on any atom is 0.409 e. The fourth-order valence-corrected chi connectivity index (χ4v) is 3.64. The summed E-state index contributed by atoms with van der Waals surface area (Å²) in [6.07, 6.45) is -0.381. The van der Waals surface area contributed by atoms with Crippen LogP contribution in [0.15, 0.2) is 23.1 Å². The Balaban J connectivity index is 2.03.